The molecule has 0 atom stereocenters. The maximum atomic E-state index is 13.0. The number of nitrogens with two attached hydrogens (primary N) is 1. The molecule has 7 heteroatoms. The SMILES string of the molecule is NCCn1cnc(C(=O)NCCc2cc(F)cc(F)c2)c1. The van der Waals surface area contributed by atoms with E-state index in [0.29, 0.717) is 25.1 Å². The van der Waals surface area contributed by atoms with Crippen molar-refractivity contribution in [1.29, 1.82) is 0 Å². The van der Waals surface area contributed by atoms with Crippen molar-refractivity contribution in [2.45, 2.75) is 13.0 Å². The predicted molar refractivity (Wildman–Crippen MR) is 73.7 cm³/mol. The lowest BCUT2D eigenvalue weighted by Crippen LogP contribution is -2.26. The smallest absolute Gasteiger partial charge is 0.271 e. The van der Waals surface area contributed by atoms with Gasteiger partial charge in [0.2, 0.25) is 0 Å². The number of hydrogen-bond donors (Lipinski definition) is 2. The van der Waals surface area contributed by atoms with Gasteiger partial charge in [-0.15, -0.1) is 0 Å². The molecule has 3 N–H and O–H groups in total. The second-order valence-corrected chi connectivity index (χ2v) is 4.57. The lowest BCUT2D eigenvalue weighted by Gasteiger charge is -2.04. The van der Waals surface area contributed by atoms with Crippen LogP contribution in [-0.4, -0.2) is 28.5 Å². The number of benzene rings is 1. The molecule has 0 saturated heterocycles. The fourth-order valence-corrected chi connectivity index (χ4v) is 1.91. The summed E-state index contributed by atoms with van der Waals surface area (Å²) < 4.78 is 27.7. The number of carbonyl (C=O) groups excluding carboxylic acids is 1. The van der Waals surface area contributed by atoms with Crippen LogP contribution >= 0.6 is 0 Å². The van der Waals surface area contributed by atoms with Crippen molar-refractivity contribution in [3.05, 3.63) is 53.6 Å². The van der Waals surface area contributed by atoms with Gasteiger partial charge in [0.25, 0.3) is 5.91 Å². The number of nitrogens with one attached hydrogen (secondary N) is 1. The average Bonchev–Trinajstić information content (AvgIpc) is 2.86. The van der Waals surface area contributed by atoms with Gasteiger partial charge in [-0.25, -0.2) is 13.8 Å². The van der Waals surface area contributed by atoms with E-state index >= 15 is 0 Å². The molecule has 1 heterocycles. The molecule has 0 aliphatic rings. The lowest BCUT2D eigenvalue weighted by atomic mass is 10.1. The summed E-state index contributed by atoms with van der Waals surface area (Å²) in [5.41, 5.74) is 6.18. The summed E-state index contributed by atoms with van der Waals surface area (Å²) in [5, 5.41) is 2.65. The van der Waals surface area contributed by atoms with Gasteiger partial charge in [-0.2, -0.15) is 0 Å². The highest BCUT2D eigenvalue weighted by Gasteiger charge is 2.09. The van der Waals surface area contributed by atoms with E-state index in [2.05, 4.69) is 10.3 Å². The van der Waals surface area contributed by atoms with Crippen LogP contribution in [0.4, 0.5) is 8.78 Å². The van der Waals surface area contributed by atoms with Gasteiger partial charge in [-0.1, -0.05) is 0 Å². The number of nitrogens with zero attached hydrogens (tertiary/aromatic N) is 2. The first-order valence-corrected chi connectivity index (χ1v) is 6.53. The Morgan fingerprint density at radius 2 is 2.00 bits per heavy atom. The van der Waals surface area contributed by atoms with Crippen LogP contribution in [0.2, 0.25) is 0 Å². The van der Waals surface area contributed by atoms with E-state index in [1.54, 1.807) is 10.8 Å². The molecule has 1 amide bonds. The highest BCUT2D eigenvalue weighted by molar-refractivity contribution is 5.91. The monoisotopic (exact) mass is 294 g/mol. The van der Waals surface area contributed by atoms with E-state index in [9.17, 15) is 13.6 Å². The van der Waals surface area contributed by atoms with Crippen molar-refractivity contribution in [1.82, 2.24) is 14.9 Å². The molecule has 0 saturated carbocycles. The third kappa shape index (κ3) is 4.35. The highest BCUT2D eigenvalue weighted by atomic mass is 19.1. The molecule has 0 spiro atoms. The summed E-state index contributed by atoms with van der Waals surface area (Å²) in [4.78, 5) is 15.8. The Hall–Kier alpha value is -2.28. The zero-order valence-electron chi connectivity index (χ0n) is 11.4. The van der Waals surface area contributed by atoms with Gasteiger partial charge >= 0.3 is 0 Å². The van der Waals surface area contributed by atoms with E-state index in [1.165, 1.54) is 18.5 Å². The Kier molecular flexibility index (Phi) is 4.99. The Balaban J connectivity index is 1.86. The van der Waals surface area contributed by atoms with Crippen LogP contribution in [-0.2, 0) is 13.0 Å². The number of aromatic nitrogens is 2. The molecule has 2 aromatic rings. The molecule has 5 nitrogen and oxygen atoms in total. The molecule has 0 unspecified atom stereocenters. The first kappa shape index (κ1) is 15.1. The van der Waals surface area contributed by atoms with E-state index in [-0.39, 0.29) is 18.1 Å². The maximum Gasteiger partial charge on any atom is 0.271 e. The summed E-state index contributed by atoms with van der Waals surface area (Å²) >= 11 is 0. The minimum absolute atomic E-state index is 0.269. The first-order chi connectivity index (χ1) is 10.1. The minimum atomic E-state index is -0.628. The number of halogens is 2. The Morgan fingerprint density at radius 1 is 1.29 bits per heavy atom. The molecule has 1 aromatic heterocycles. The summed E-state index contributed by atoms with van der Waals surface area (Å²) in [7, 11) is 0. The van der Waals surface area contributed by atoms with E-state index < -0.39 is 11.6 Å². The molecule has 1 aromatic carbocycles. The molecule has 0 fully saturated rings. The van der Waals surface area contributed by atoms with E-state index in [0.717, 1.165) is 6.07 Å². The van der Waals surface area contributed by atoms with Crippen molar-refractivity contribution >= 4 is 5.91 Å². The minimum Gasteiger partial charge on any atom is -0.350 e. The number of amides is 1. The third-order valence-electron chi connectivity index (χ3n) is 2.87. The zero-order valence-corrected chi connectivity index (χ0v) is 11.4. The van der Waals surface area contributed by atoms with Crippen molar-refractivity contribution in [2.24, 2.45) is 5.73 Å². The fourth-order valence-electron chi connectivity index (χ4n) is 1.91. The molecule has 0 aliphatic heterocycles. The second kappa shape index (κ2) is 6.94. The summed E-state index contributed by atoms with van der Waals surface area (Å²) in [6, 6.07) is 3.29. The van der Waals surface area contributed by atoms with Crippen molar-refractivity contribution in [3.63, 3.8) is 0 Å². The number of hydrogen-bond acceptors (Lipinski definition) is 3. The van der Waals surface area contributed by atoms with Crippen LogP contribution in [0.5, 0.6) is 0 Å². The lowest BCUT2D eigenvalue weighted by molar-refractivity contribution is 0.0949. The number of imidazole rings is 1. The molecule has 0 bridgehead atoms. The van der Waals surface area contributed by atoms with Gasteiger partial charge in [0.1, 0.15) is 17.3 Å². The second-order valence-electron chi connectivity index (χ2n) is 4.57. The summed E-state index contributed by atoms with van der Waals surface area (Å²) in [6.45, 7) is 1.32. The molecule has 0 aliphatic carbocycles. The maximum absolute atomic E-state index is 13.0. The molecule has 2 rings (SSSR count). The molecular formula is C14H16F2N4O. The molecular weight excluding hydrogens is 278 g/mol. The summed E-state index contributed by atoms with van der Waals surface area (Å²) in [5.74, 6) is -1.59. The number of carbonyl (C=O) groups is 1. The topological polar surface area (TPSA) is 72.9 Å². The van der Waals surface area contributed by atoms with E-state index in [1.807, 2.05) is 0 Å². The normalized spacial score (nSPS) is 10.6. The Bertz CT molecular complexity index is 607. The van der Waals surface area contributed by atoms with Crippen molar-refractivity contribution < 1.29 is 13.6 Å². The largest absolute Gasteiger partial charge is 0.350 e. The van der Waals surface area contributed by atoms with Crippen molar-refractivity contribution in [2.75, 3.05) is 13.1 Å². The number of rotatable bonds is 6. The highest BCUT2D eigenvalue weighted by Crippen LogP contribution is 2.08. The Morgan fingerprint density at radius 3 is 2.67 bits per heavy atom. The molecule has 112 valence electrons. The predicted octanol–water partition coefficient (Wildman–Crippen LogP) is 1.09. The summed E-state index contributed by atoms with van der Waals surface area (Å²) in [6.07, 6.45) is 3.47. The van der Waals surface area contributed by atoms with Gasteiger partial charge in [0.15, 0.2) is 0 Å². The molecule has 0 radical (unpaired) electrons. The van der Waals surface area contributed by atoms with Gasteiger partial charge in [0, 0.05) is 31.9 Å². The quantitative estimate of drug-likeness (QED) is 0.837. The van der Waals surface area contributed by atoms with Crippen molar-refractivity contribution in [3.8, 4) is 0 Å². The van der Waals surface area contributed by atoms with Crippen LogP contribution in [0.3, 0.4) is 0 Å². The average molecular weight is 294 g/mol. The Labute approximate surface area is 120 Å². The van der Waals surface area contributed by atoms with Gasteiger partial charge in [0.05, 0.1) is 6.33 Å². The van der Waals surface area contributed by atoms with Crippen LogP contribution in [0.15, 0.2) is 30.7 Å². The van der Waals surface area contributed by atoms with Crippen LogP contribution in [0.1, 0.15) is 16.1 Å². The van der Waals surface area contributed by atoms with Gasteiger partial charge < -0.3 is 15.6 Å². The van der Waals surface area contributed by atoms with Crippen LogP contribution < -0.4 is 11.1 Å². The van der Waals surface area contributed by atoms with Crippen LogP contribution in [0, 0.1) is 11.6 Å². The van der Waals surface area contributed by atoms with Gasteiger partial charge in [-0.05, 0) is 24.1 Å². The third-order valence-corrected chi connectivity index (χ3v) is 2.87. The zero-order chi connectivity index (χ0) is 15.2. The van der Waals surface area contributed by atoms with Crippen LogP contribution in [0.25, 0.3) is 0 Å². The molecule has 21 heavy (non-hydrogen) atoms. The van der Waals surface area contributed by atoms with Gasteiger partial charge in [-0.3, -0.25) is 4.79 Å². The first-order valence-electron chi connectivity index (χ1n) is 6.53. The van der Waals surface area contributed by atoms with E-state index in [4.69, 9.17) is 5.73 Å². The fraction of sp³-hybridized carbons (Fsp3) is 0.286. The standard InChI is InChI=1S/C14H16F2N4O/c15-11-5-10(6-12(16)7-11)1-3-18-14(21)13-8-20(4-2-17)9-19-13/h5-9H,1-4,17H2,(H,18,21).